The van der Waals surface area contributed by atoms with Crippen molar-refractivity contribution in [1.82, 2.24) is 4.90 Å². The molecular weight excluding hydrogens is 532 g/mol. The van der Waals surface area contributed by atoms with Gasteiger partial charge >= 0.3 is 6.09 Å². The number of carbonyl (C=O) groups excluding carboxylic acids is 3. The molecule has 0 unspecified atom stereocenters. The molecule has 1 saturated heterocycles. The SMILES string of the molecule is CCOC(=O)N1CCN(c2ccc(N(C(C)=O)[C@@H]3C[C@H](C)N(C(=O)c4ccc(OC)cc4)c4ccccc43)cc2)CC1. The number of ether oxygens (including phenoxy) is 2. The normalized spacial score (nSPS) is 18.2. The van der Waals surface area contributed by atoms with Gasteiger partial charge in [-0.05, 0) is 80.4 Å². The number of anilines is 3. The van der Waals surface area contributed by atoms with Crippen molar-refractivity contribution in [2.75, 3.05) is 54.6 Å². The molecular formula is C33H38N4O5. The summed E-state index contributed by atoms with van der Waals surface area (Å²) in [6, 6.07) is 22.6. The summed E-state index contributed by atoms with van der Waals surface area (Å²) in [4.78, 5) is 46.6. The standard InChI is InChI=1S/C33H38N4O5/c1-5-42-33(40)35-20-18-34(19-21-35)26-12-14-27(15-13-26)37(24(3)38)31-22-23(2)36(30-9-7-6-8-29(30)31)32(39)25-10-16-28(41-4)17-11-25/h6-17,23,31H,5,18-22H2,1-4H3/t23-,31+/m0/s1. The highest BCUT2D eigenvalue weighted by Gasteiger charge is 2.38. The fourth-order valence-corrected chi connectivity index (χ4v) is 5.98. The summed E-state index contributed by atoms with van der Waals surface area (Å²) in [5, 5.41) is 0. The van der Waals surface area contributed by atoms with Gasteiger partial charge < -0.3 is 29.1 Å². The number of hydrogen-bond donors (Lipinski definition) is 0. The molecule has 0 spiro atoms. The Balaban J connectivity index is 1.37. The Morgan fingerprint density at radius 3 is 2.19 bits per heavy atom. The Bertz CT molecular complexity index is 1420. The Hall–Kier alpha value is -4.53. The predicted molar refractivity (Wildman–Crippen MR) is 163 cm³/mol. The summed E-state index contributed by atoms with van der Waals surface area (Å²) in [6.45, 7) is 8.41. The highest BCUT2D eigenvalue weighted by Crippen LogP contribution is 2.43. The largest absolute Gasteiger partial charge is 0.497 e. The van der Waals surface area contributed by atoms with Crippen LogP contribution >= 0.6 is 0 Å². The molecule has 3 amide bonds. The van der Waals surface area contributed by atoms with Gasteiger partial charge in [-0.25, -0.2) is 4.79 Å². The number of fused-ring (bicyclic) bond motifs is 1. The number of nitrogens with zero attached hydrogens (tertiary/aromatic N) is 4. The van der Waals surface area contributed by atoms with Crippen molar-refractivity contribution in [2.24, 2.45) is 0 Å². The molecule has 0 aromatic heterocycles. The second-order valence-corrected chi connectivity index (χ2v) is 10.6. The topological polar surface area (TPSA) is 82.6 Å². The predicted octanol–water partition coefficient (Wildman–Crippen LogP) is 5.51. The van der Waals surface area contributed by atoms with Gasteiger partial charge in [-0.15, -0.1) is 0 Å². The Morgan fingerprint density at radius 1 is 0.905 bits per heavy atom. The molecule has 5 rings (SSSR count). The summed E-state index contributed by atoms with van der Waals surface area (Å²) in [5.41, 5.74) is 4.17. The summed E-state index contributed by atoms with van der Waals surface area (Å²) in [6.07, 6.45) is 0.326. The maximum Gasteiger partial charge on any atom is 0.409 e. The zero-order chi connectivity index (χ0) is 29.8. The number of piperazine rings is 1. The van der Waals surface area contributed by atoms with E-state index in [1.807, 2.05) is 72.2 Å². The van der Waals surface area contributed by atoms with Gasteiger partial charge in [0.2, 0.25) is 5.91 Å². The van der Waals surface area contributed by atoms with Crippen molar-refractivity contribution < 1.29 is 23.9 Å². The van der Waals surface area contributed by atoms with Crippen LogP contribution in [0.1, 0.15) is 49.2 Å². The Morgan fingerprint density at radius 2 is 1.57 bits per heavy atom. The summed E-state index contributed by atoms with van der Waals surface area (Å²) >= 11 is 0. The number of methoxy groups -OCH3 is 1. The zero-order valence-corrected chi connectivity index (χ0v) is 24.7. The fourth-order valence-electron chi connectivity index (χ4n) is 5.98. The number of rotatable bonds is 6. The van der Waals surface area contributed by atoms with Crippen molar-refractivity contribution in [2.45, 2.75) is 39.3 Å². The van der Waals surface area contributed by atoms with E-state index in [1.165, 1.54) is 0 Å². The van der Waals surface area contributed by atoms with E-state index in [2.05, 4.69) is 4.90 Å². The van der Waals surface area contributed by atoms with Gasteiger partial charge in [-0.2, -0.15) is 0 Å². The van der Waals surface area contributed by atoms with E-state index in [1.54, 1.807) is 43.2 Å². The number of carbonyl (C=O) groups is 3. The first-order chi connectivity index (χ1) is 20.3. The molecule has 42 heavy (non-hydrogen) atoms. The average Bonchev–Trinajstić information content (AvgIpc) is 3.01. The molecule has 0 aliphatic carbocycles. The number of hydrogen-bond acceptors (Lipinski definition) is 6. The van der Waals surface area contributed by atoms with Gasteiger partial charge in [-0.1, -0.05) is 18.2 Å². The summed E-state index contributed by atoms with van der Waals surface area (Å²) < 4.78 is 10.4. The third-order valence-electron chi connectivity index (χ3n) is 8.07. The maximum atomic E-state index is 13.7. The number of para-hydroxylation sites is 1. The van der Waals surface area contributed by atoms with Crippen LogP contribution < -0.4 is 19.4 Å². The minimum absolute atomic E-state index is 0.0623. The molecule has 2 heterocycles. The molecule has 0 N–H and O–H groups in total. The van der Waals surface area contributed by atoms with Crippen LogP contribution in [0.2, 0.25) is 0 Å². The van der Waals surface area contributed by atoms with Crippen molar-refractivity contribution in [3.05, 3.63) is 83.9 Å². The molecule has 0 bridgehead atoms. The van der Waals surface area contributed by atoms with Gasteiger partial charge in [0.25, 0.3) is 5.91 Å². The first kappa shape index (κ1) is 29.0. The highest BCUT2D eigenvalue weighted by atomic mass is 16.6. The van der Waals surface area contributed by atoms with E-state index in [9.17, 15) is 14.4 Å². The zero-order valence-electron chi connectivity index (χ0n) is 24.7. The maximum absolute atomic E-state index is 13.7. The van der Waals surface area contributed by atoms with Crippen LogP contribution in [0, 0.1) is 0 Å². The Labute approximate surface area is 247 Å². The molecule has 1 fully saturated rings. The van der Waals surface area contributed by atoms with Gasteiger partial charge in [0.15, 0.2) is 0 Å². The second-order valence-electron chi connectivity index (χ2n) is 10.6. The van der Waals surface area contributed by atoms with Gasteiger partial charge in [0, 0.05) is 61.8 Å². The average molecular weight is 571 g/mol. The molecule has 9 heteroatoms. The third kappa shape index (κ3) is 5.77. The Kier molecular flexibility index (Phi) is 8.66. The van der Waals surface area contributed by atoms with Crippen LogP contribution in [0.5, 0.6) is 5.75 Å². The lowest BCUT2D eigenvalue weighted by atomic mass is 9.89. The van der Waals surface area contributed by atoms with E-state index < -0.39 is 0 Å². The second kappa shape index (κ2) is 12.5. The van der Waals surface area contributed by atoms with Crippen molar-refractivity contribution >= 4 is 35.0 Å². The van der Waals surface area contributed by atoms with Gasteiger partial charge in [0.05, 0.1) is 19.8 Å². The lowest BCUT2D eigenvalue weighted by Crippen LogP contribution is -2.49. The van der Waals surface area contributed by atoms with Crippen LogP contribution in [0.4, 0.5) is 21.9 Å². The minimum Gasteiger partial charge on any atom is -0.497 e. The smallest absolute Gasteiger partial charge is 0.409 e. The van der Waals surface area contributed by atoms with Crippen LogP contribution in [-0.2, 0) is 9.53 Å². The number of amides is 3. The van der Waals surface area contributed by atoms with E-state index >= 15 is 0 Å². The molecule has 9 nitrogen and oxygen atoms in total. The van der Waals surface area contributed by atoms with Gasteiger partial charge in [0.1, 0.15) is 5.75 Å². The molecule has 2 aliphatic rings. The molecule has 0 radical (unpaired) electrons. The number of benzene rings is 3. The molecule has 2 atom stereocenters. The van der Waals surface area contributed by atoms with Crippen molar-refractivity contribution in [1.29, 1.82) is 0 Å². The highest BCUT2D eigenvalue weighted by molar-refractivity contribution is 6.07. The molecule has 220 valence electrons. The van der Waals surface area contributed by atoms with Crippen molar-refractivity contribution in [3.8, 4) is 5.75 Å². The first-order valence-corrected chi connectivity index (χ1v) is 14.5. The lowest BCUT2D eigenvalue weighted by molar-refractivity contribution is -0.117. The summed E-state index contributed by atoms with van der Waals surface area (Å²) in [5.74, 6) is 0.548. The third-order valence-corrected chi connectivity index (χ3v) is 8.07. The van der Waals surface area contributed by atoms with Crippen LogP contribution in [0.25, 0.3) is 0 Å². The lowest BCUT2D eigenvalue weighted by Gasteiger charge is -2.43. The monoisotopic (exact) mass is 570 g/mol. The molecule has 3 aromatic carbocycles. The minimum atomic E-state index is -0.268. The van der Waals surface area contributed by atoms with Crippen LogP contribution in [0.15, 0.2) is 72.8 Å². The van der Waals surface area contributed by atoms with E-state index in [-0.39, 0.29) is 30.0 Å². The van der Waals surface area contributed by atoms with Crippen LogP contribution in [-0.4, -0.2) is 68.7 Å². The first-order valence-electron chi connectivity index (χ1n) is 14.5. The molecule has 2 aliphatic heterocycles. The van der Waals surface area contributed by atoms with E-state index in [0.717, 1.165) is 22.6 Å². The molecule has 0 saturated carbocycles. The van der Waals surface area contributed by atoms with Crippen molar-refractivity contribution in [3.63, 3.8) is 0 Å². The van der Waals surface area contributed by atoms with E-state index in [4.69, 9.17) is 9.47 Å². The fraction of sp³-hybridized carbons (Fsp3) is 0.364. The molecule has 3 aromatic rings. The quantitative estimate of drug-likeness (QED) is 0.389. The van der Waals surface area contributed by atoms with Crippen LogP contribution in [0.3, 0.4) is 0 Å². The summed E-state index contributed by atoms with van der Waals surface area (Å²) in [7, 11) is 1.60. The van der Waals surface area contributed by atoms with E-state index in [0.29, 0.717) is 50.5 Å². The van der Waals surface area contributed by atoms with Gasteiger partial charge in [-0.3, -0.25) is 9.59 Å².